The molecule has 0 atom stereocenters. The second-order valence-electron chi connectivity index (χ2n) is 8.39. The number of barbiturate groups is 1. The molecule has 9 heteroatoms. The van der Waals surface area contributed by atoms with Gasteiger partial charge >= 0.3 is 12.0 Å². The molecule has 0 aromatic heterocycles. The summed E-state index contributed by atoms with van der Waals surface area (Å²) in [4.78, 5) is 50.5. The number of amides is 4. The summed E-state index contributed by atoms with van der Waals surface area (Å²) in [5.41, 5.74) is 4.00. The number of imide groups is 2. The number of nitrogens with one attached hydrogen (secondary N) is 1. The molecule has 1 aliphatic heterocycles. The number of halogens is 1. The molecule has 4 rings (SSSR count). The zero-order valence-electron chi connectivity index (χ0n) is 20.3. The van der Waals surface area contributed by atoms with Crippen molar-refractivity contribution in [3.63, 3.8) is 0 Å². The van der Waals surface area contributed by atoms with Crippen LogP contribution in [0.1, 0.15) is 32.6 Å². The number of carbonyl (C=O) groups excluding carboxylic acids is 4. The Kier molecular flexibility index (Phi) is 7.40. The van der Waals surface area contributed by atoms with Crippen LogP contribution in [0.25, 0.3) is 6.08 Å². The fourth-order valence-corrected chi connectivity index (χ4v) is 3.94. The number of anilines is 1. The number of carbonyl (C=O) groups is 4. The number of urea groups is 1. The van der Waals surface area contributed by atoms with Gasteiger partial charge in [0.05, 0.1) is 23.4 Å². The average Bonchev–Trinajstić information content (AvgIpc) is 2.88. The number of aryl methyl sites for hydroxylation is 2. The van der Waals surface area contributed by atoms with Crippen molar-refractivity contribution < 1.29 is 28.7 Å². The lowest BCUT2D eigenvalue weighted by molar-refractivity contribution is -0.122. The Bertz CT molecular complexity index is 1450. The minimum atomic E-state index is -0.897. The summed E-state index contributed by atoms with van der Waals surface area (Å²) in [5.74, 6) is -1.76. The summed E-state index contributed by atoms with van der Waals surface area (Å²) in [6.45, 7) is 4.40. The molecule has 1 saturated heterocycles. The van der Waals surface area contributed by atoms with Gasteiger partial charge in [0.25, 0.3) is 11.8 Å². The van der Waals surface area contributed by atoms with Gasteiger partial charge < -0.3 is 9.47 Å². The summed E-state index contributed by atoms with van der Waals surface area (Å²) in [7, 11) is 1.25. The van der Waals surface area contributed by atoms with E-state index in [1.165, 1.54) is 43.0 Å². The van der Waals surface area contributed by atoms with Crippen LogP contribution in [0.4, 0.5) is 10.5 Å². The predicted molar refractivity (Wildman–Crippen MR) is 138 cm³/mol. The van der Waals surface area contributed by atoms with E-state index in [1.807, 2.05) is 32.0 Å². The van der Waals surface area contributed by atoms with Crippen LogP contribution in [0, 0.1) is 13.8 Å². The maximum absolute atomic E-state index is 13.1. The van der Waals surface area contributed by atoms with Gasteiger partial charge in [0.1, 0.15) is 17.9 Å². The largest absolute Gasteiger partial charge is 0.487 e. The lowest BCUT2D eigenvalue weighted by Gasteiger charge is -2.26. The number of rotatable bonds is 6. The number of benzene rings is 3. The molecule has 188 valence electrons. The second-order valence-corrected chi connectivity index (χ2v) is 8.80. The van der Waals surface area contributed by atoms with Gasteiger partial charge in [-0.1, -0.05) is 35.9 Å². The predicted octanol–water partition coefficient (Wildman–Crippen LogP) is 4.99. The van der Waals surface area contributed by atoms with Gasteiger partial charge in [0, 0.05) is 0 Å². The number of nitrogens with zero attached hydrogens (tertiary/aromatic N) is 1. The first kappa shape index (κ1) is 25.7. The van der Waals surface area contributed by atoms with E-state index in [-0.39, 0.29) is 16.8 Å². The molecule has 0 unspecified atom stereocenters. The standard InChI is InChI=1S/C28H23ClN2O6/c1-16-4-5-19(12-17(16)2)15-37-24-11-6-18(14-23(24)29)13-22-25(32)30-28(35)31(26(22)33)21-9-7-20(8-10-21)27(34)36-3/h4-14H,15H2,1-3H3,(H,30,32,35)/b22-13+. The van der Waals surface area contributed by atoms with Crippen molar-refractivity contribution in [3.8, 4) is 5.75 Å². The normalized spacial score (nSPS) is 14.5. The van der Waals surface area contributed by atoms with Crippen molar-refractivity contribution >= 4 is 47.2 Å². The Balaban J connectivity index is 1.54. The third kappa shape index (κ3) is 5.54. The van der Waals surface area contributed by atoms with Crippen LogP contribution in [0.2, 0.25) is 5.02 Å². The molecule has 1 heterocycles. The van der Waals surface area contributed by atoms with E-state index >= 15 is 0 Å². The fourth-order valence-electron chi connectivity index (χ4n) is 3.70. The van der Waals surface area contributed by atoms with Crippen LogP contribution in [0.5, 0.6) is 5.75 Å². The molecule has 3 aromatic rings. The summed E-state index contributed by atoms with van der Waals surface area (Å²) in [6, 6.07) is 15.7. The Morgan fingerprint density at radius 1 is 0.973 bits per heavy atom. The average molecular weight is 519 g/mol. The van der Waals surface area contributed by atoms with E-state index in [1.54, 1.807) is 18.2 Å². The van der Waals surface area contributed by atoms with Gasteiger partial charge in [-0.2, -0.15) is 0 Å². The molecular formula is C28H23ClN2O6. The summed E-state index contributed by atoms with van der Waals surface area (Å²) in [6.07, 6.45) is 1.35. The zero-order chi connectivity index (χ0) is 26.7. The van der Waals surface area contributed by atoms with Gasteiger partial charge in [-0.25, -0.2) is 14.5 Å². The molecule has 3 aromatic carbocycles. The van der Waals surface area contributed by atoms with Crippen LogP contribution < -0.4 is 15.0 Å². The van der Waals surface area contributed by atoms with E-state index in [9.17, 15) is 19.2 Å². The quantitative estimate of drug-likeness (QED) is 0.280. The van der Waals surface area contributed by atoms with Crippen molar-refractivity contribution in [2.75, 3.05) is 12.0 Å². The number of esters is 1. The Labute approximate surface area is 218 Å². The minimum absolute atomic E-state index is 0.182. The van der Waals surface area contributed by atoms with Crippen molar-refractivity contribution in [1.82, 2.24) is 5.32 Å². The molecule has 37 heavy (non-hydrogen) atoms. The zero-order valence-corrected chi connectivity index (χ0v) is 21.1. The maximum atomic E-state index is 13.1. The number of hydrogen-bond acceptors (Lipinski definition) is 6. The molecule has 0 aliphatic carbocycles. The Hall–Kier alpha value is -4.43. The third-order valence-corrected chi connectivity index (χ3v) is 6.18. The van der Waals surface area contributed by atoms with Gasteiger partial charge in [-0.15, -0.1) is 0 Å². The molecule has 1 aliphatic rings. The minimum Gasteiger partial charge on any atom is -0.487 e. The van der Waals surface area contributed by atoms with Crippen LogP contribution in [0.3, 0.4) is 0 Å². The molecule has 4 amide bonds. The van der Waals surface area contributed by atoms with Crippen molar-refractivity contribution in [2.24, 2.45) is 0 Å². The Morgan fingerprint density at radius 2 is 1.70 bits per heavy atom. The van der Waals surface area contributed by atoms with E-state index in [4.69, 9.17) is 16.3 Å². The first-order chi connectivity index (χ1) is 17.7. The molecule has 1 N–H and O–H groups in total. The summed E-state index contributed by atoms with van der Waals surface area (Å²) in [5, 5.41) is 2.46. The molecule has 0 bridgehead atoms. The fraction of sp³-hybridized carbons (Fsp3) is 0.143. The highest BCUT2D eigenvalue weighted by atomic mass is 35.5. The lowest BCUT2D eigenvalue weighted by Crippen LogP contribution is -2.54. The highest BCUT2D eigenvalue weighted by Gasteiger charge is 2.36. The highest BCUT2D eigenvalue weighted by Crippen LogP contribution is 2.29. The lowest BCUT2D eigenvalue weighted by atomic mass is 10.1. The highest BCUT2D eigenvalue weighted by molar-refractivity contribution is 6.39. The SMILES string of the molecule is COC(=O)c1ccc(N2C(=O)NC(=O)/C(=C\c3ccc(OCc4ccc(C)c(C)c4)c(Cl)c3)C2=O)cc1. The van der Waals surface area contributed by atoms with Gasteiger partial charge in [-0.05, 0) is 78.6 Å². The molecule has 8 nitrogen and oxygen atoms in total. The number of hydrogen-bond donors (Lipinski definition) is 1. The van der Waals surface area contributed by atoms with Crippen molar-refractivity contribution in [3.05, 3.63) is 99.1 Å². The topological polar surface area (TPSA) is 102 Å². The third-order valence-electron chi connectivity index (χ3n) is 5.88. The molecule has 1 fully saturated rings. The smallest absolute Gasteiger partial charge is 0.337 e. The number of ether oxygens (including phenoxy) is 2. The van der Waals surface area contributed by atoms with Crippen molar-refractivity contribution in [2.45, 2.75) is 20.5 Å². The van der Waals surface area contributed by atoms with Crippen LogP contribution in [-0.2, 0) is 20.9 Å². The second kappa shape index (κ2) is 10.7. The van der Waals surface area contributed by atoms with Gasteiger partial charge in [0.2, 0.25) is 0 Å². The first-order valence-electron chi connectivity index (χ1n) is 11.3. The molecule has 0 radical (unpaired) electrons. The van der Waals surface area contributed by atoms with E-state index in [0.717, 1.165) is 16.0 Å². The van der Waals surface area contributed by atoms with Crippen LogP contribution >= 0.6 is 11.6 Å². The number of methoxy groups -OCH3 is 1. The van der Waals surface area contributed by atoms with E-state index < -0.39 is 23.8 Å². The van der Waals surface area contributed by atoms with Crippen molar-refractivity contribution in [1.29, 1.82) is 0 Å². The summed E-state index contributed by atoms with van der Waals surface area (Å²) >= 11 is 6.40. The molecule has 0 saturated carbocycles. The summed E-state index contributed by atoms with van der Waals surface area (Å²) < 4.78 is 10.5. The maximum Gasteiger partial charge on any atom is 0.337 e. The monoisotopic (exact) mass is 518 g/mol. The molecular weight excluding hydrogens is 496 g/mol. The van der Waals surface area contributed by atoms with Gasteiger partial charge in [-0.3, -0.25) is 14.9 Å². The Morgan fingerprint density at radius 3 is 2.35 bits per heavy atom. The van der Waals surface area contributed by atoms with E-state index in [2.05, 4.69) is 10.1 Å². The van der Waals surface area contributed by atoms with E-state index in [0.29, 0.717) is 22.9 Å². The van der Waals surface area contributed by atoms with Gasteiger partial charge in [0.15, 0.2) is 0 Å². The van der Waals surface area contributed by atoms with Crippen LogP contribution in [-0.4, -0.2) is 30.9 Å². The first-order valence-corrected chi connectivity index (χ1v) is 11.6. The van der Waals surface area contributed by atoms with Crippen LogP contribution in [0.15, 0.2) is 66.2 Å². The molecule has 0 spiro atoms.